The Hall–Kier alpha value is -0.630. The zero-order chi connectivity index (χ0) is 13.1. The molecule has 2 saturated carbocycles. The van der Waals surface area contributed by atoms with Crippen LogP contribution in [0.4, 0.5) is 5.69 Å². The fourth-order valence-electron chi connectivity index (χ4n) is 3.95. The molecule has 2 aliphatic carbocycles. The molecular weight excluding hydrogens is 250 g/mol. The lowest BCUT2D eigenvalue weighted by Gasteiger charge is -2.37. The first-order valence-corrected chi connectivity index (χ1v) is 8.93. The first-order valence-electron chi connectivity index (χ1n) is 7.70. The van der Waals surface area contributed by atoms with Gasteiger partial charge in [-0.25, -0.2) is 0 Å². The summed E-state index contributed by atoms with van der Waals surface area (Å²) in [6.45, 7) is 0. The fourth-order valence-corrected chi connectivity index (χ4v) is 4.41. The van der Waals surface area contributed by atoms with Crippen molar-refractivity contribution in [2.75, 3.05) is 11.6 Å². The van der Waals surface area contributed by atoms with Crippen LogP contribution < -0.4 is 5.32 Å². The van der Waals surface area contributed by atoms with Gasteiger partial charge in [0.2, 0.25) is 0 Å². The van der Waals surface area contributed by atoms with Crippen LogP contribution >= 0.6 is 11.8 Å². The van der Waals surface area contributed by atoms with Crippen LogP contribution in [0.3, 0.4) is 0 Å². The highest BCUT2D eigenvalue weighted by Crippen LogP contribution is 2.49. The molecule has 2 fully saturated rings. The molecular formula is C17H25NS. The summed E-state index contributed by atoms with van der Waals surface area (Å²) in [5, 5.41) is 3.75. The van der Waals surface area contributed by atoms with Gasteiger partial charge in [-0.2, -0.15) is 0 Å². The Kier molecular flexibility index (Phi) is 4.07. The van der Waals surface area contributed by atoms with Crippen molar-refractivity contribution in [3.05, 3.63) is 24.3 Å². The third-order valence-electron chi connectivity index (χ3n) is 5.15. The minimum absolute atomic E-state index is 0.698. The predicted octanol–water partition coefficient (Wildman–Crippen LogP) is 5.32. The van der Waals surface area contributed by atoms with E-state index in [9.17, 15) is 0 Å². The largest absolute Gasteiger partial charge is 0.382 e. The van der Waals surface area contributed by atoms with Crippen molar-refractivity contribution in [3.63, 3.8) is 0 Å². The van der Waals surface area contributed by atoms with E-state index < -0.39 is 0 Å². The maximum atomic E-state index is 3.75. The van der Waals surface area contributed by atoms with Gasteiger partial charge in [-0.05, 0) is 68.4 Å². The Morgan fingerprint density at radius 3 is 2.53 bits per heavy atom. The van der Waals surface area contributed by atoms with Crippen molar-refractivity contribution in [1.29, 1.82) is 0 Å². The van der Waals surface area contributed by atoms with E-state index in [1.54, 1.807) is 0 Å². The van der Waals surface area contributed by atoms with Crippen LogP contribution in [0, 0.1) is 5.41 Å². The van der Waals surface area contributed by atoms with Gasteiger partial charge in [-0.1, -0.05) is 18.9 Å². The number of benzene rings is 1. The smallest absolute Gasteiger partial charge is 0.0353 e. The lowest BCUT2D eigenvalue weighted by atomic mass is 9.71. The second-order valence-electron chi connectivity index (χ2n) is 6.36. The predicted molar refractivity (Wildman–Crippen MR) is 85.0 cm³/mol. The summed E-state index contributed by atoms with van der Waals surface area (Å²) in [5.41, 5.74) is 2.05. The Bertz CT molecular complexity index is 413. The number of rotatable bonds is 3. The van der Waals surface area contributed by atoms with E-state index in [-0.39, 0.29) is 0 Å². The molecule has 104 valence electrons. The normalized spacial score (nSPS) is 22.8. The second kappa shape index (κ2) is 5.78. The van der Waals surface area contributed by atoms with Crippen LogP contribution in [-0.4, -0.2) is 12.3 Å². The molecule has 0 bridgehead atoms. The van der Waals surface area contributed by atoms with E-state index >= 15 is 0 Å². The van der Waals surface area contributed by atoms with Gasteiger partial charge in [0.05, 0.1) is 0 Å². The number of hydrogen-bond acceptors (Lipinski definition) is 2. The van der Waals surface area contributed by atoms with Gasteiger partial charge in [0.25, 0.3) is 0 Å². The van der Waals surface area contributed by atoms with E-state index in [1.165, 1.54) is 61.9 Å². The van der Waals surface area contributed by atoms with Gasteiger partial charge in [-0.15, -0.1) is 11.8 Å². The van der Waals surface area contributed by atoms with Crippen molar-refractivity contribution < 1.29 is 0 Å². The topological polar surface area (TPSA) is 12.0 Å². The lowest BCUT2D eigenvalue weighted by molar-refractivity contribution is 0.188. The van der Waals surface area contributed by atoms with Gasteiger partial charge >= 0.3 is 0 Å². The van der Waals surface area contributed by atoms with E-state index in [0.717, 1.165) is 5.41 Å². The third-order valence-corrected chi connectivity index (χ3v) is 5.88. The van der Waals surface area contributed by atoms with Gasteiger partial charge < -0.3 is 5.32 Å². The molecule has 19 heavy (non-hydrogen) atoms. The zero-order valence-corrected chi connectivity index (χ0v) is 12.8. The summed E-state index contributed by atoms with van der Waals surface area (Å²) in [6, 6.07) is 9.53. The van der Waals surface area contributed by atoms with Crippen LogP contribution in [0.2, 0.25) is 0 Å². The summed E-state index contributed by atoms with van der Waals surface area (Å²) in [7, 11) is 0. The average Bonchev–Trinajstić information content (AvgIpc) is 2.90. The highest BCUT2D eigenvalue weighted by atomic mass is 32.2. The van der Waals surface area contributed by atoms with Gasteiger partial charge in [0.1, 0.15) is 0 Å². The molecule has 0 unspecified atom stereocenters. The van der Waals surface area contributed by atoms with E-state index in [2.05, 4.69) is 35.8 Å². The molecule has 1 N–H and O–H groups in total. The van der Waals surface area contributed by atoms with E-state index in [4.69, 9.17) is 0 Å². The van der Waals surface area contributed by atoms with Crippen LogP contribution in [0.25, 0.3) is 0 Å². The molecule has 2 aliphatic rings. The highest BCUT2D eigenvalue weighted by molar-refractivity contribution is 7.98. The monoisotopic (exact) mass is 275 g/mol. The van der Waals surface area contributed by atoms with Gasteiger partial charge in [-0.3, -0.25) is 0 Å². The third kappa shape index (κ3) is 3.10. The molecule has 0 aliphatic heterocycles. The first-order chi connectivity index (χ1) is 9.30. The van der Waals surface area contributed by atoms with E-state index in [0.29, 0.717) is 6.04 Å². The standard InChI is InChI=1S/C17H25NS/c1-19-16-6-4-5-15(13-16)18-14-7-11-17(12-8-14)9-2-3-10-17/h4-6,13-14,18H,2-3,7-12H2,1H3. The summed E-state index contributed by atoms with van der Waals surface area (Å²) >= 11 is 1.82. The summed E-state index contributed by atoms with van der Waals surface area (Å²) < 4.78 is 0. The van der Waals surface area contributed by atoms with Crippen LogP contribution in [-0.2, 0) is 0 Å². The Morgan fingerprint density at radius 2 is 1.84 bits per heavy atom. The molecule has 0 radical (unpaired) electrons. The van der Waals surface area contributed by atoms with Crippen LogP contribution in [0.15, 0.2) is 29.2 Å². The number of nitrogens with one attached hydrogen (secondary N) is 1. The van der Waals surface area contributed by atoms with Gasteiger partial charge in [0, 0.05) is 16.6 Å². The summed E-state index contributed by atoms with van der Waals surface area (Å²) in [4.78, 5) is 1.35. The molecule has 0 aromatic heterocycles. The van der Waals surface area contributed by atoms with Crippen molar-refractivity contribution >= 4 is 17.4 Å². The molecule has 2 heteroatoms. The quantitative estimate of drug-likeness (QED) is 0.749. The summed E-state index contributed by atoms with van der Waals surface area (Å²) in [6.07, 6.45) is 13.7. The molecule has 3 rings (SSSR count). The molecule has 0 amide bonds. The second-order valence-corrected chi connectivity index (χ2v) is 7.24. The lowest BCUT2D eigenvalue weighted by Crippen LogP contribution is -2.31. The number of thioether (sulfide) groups is 1. The average molecular weight is 275 g/mol. The Morgan fingerprint density at radius 1 is 1.11 bits per heavy atom. The fraction of sp³-hybridized carbons (Fsp3) is 0.647. The molecule has 1 spiro atoms. The van der Waals surface area contributed by atoms with Crippen molar-refractivity contribution in [2.24, 2.45) is 5.41 Å². The highest BCUT2D eigenvalue weighted by Gasteiger charge is 2.37. The Balaban J connectivity index is 1.56. The van der Waals surface area contributed by atoms with Crippen molar-refractivity contribution in [2.45, 2.75) is 62.3 Å². The minimum Gasteiger partial charge on any atom is -0.382 e. The van der Waals surface area contributed by atoms with Crippen molar-refractivity contribution in [3.8, 4) is 0 Å². The Labute approximate surface area is 121 Å². The van der Waals surface area contributed by atoms with E-state index in [1.807, 2.05) is 11.8 Å². The number of anilines is 1. The maximum absolute atomic E-state index is 3.75. The molecule has 1 nitrogen and oxygen atoms in total. The van der Waals surface area contributed by atoms with Crippen molar-refractivity contribution in [1.82, 2.24) is 0 Å². The molecule has 1 aromatic carbocycles. The number of hydrogen-bond donors (Lipinski definition) is 1. The zero-order valence-electron chi connectivity index (χ0n) is 12.0. The van der Waals surface area contributed by atoms with Crippen LogP contribution in [0.1, 0.15) is 51.4 Å². The van der Waals surface area contributed by atoms with Gasteiger partial charge in [0.15, 0.2) is 0 Å². The first kappa shape index (κ1) is 13.4. The molecule has 0 saturated heterocycles. The SMILES string of the molecule is CSc1cccc(NC2CCC3(CCCC3)CC2)c1. The molecule has 1 aromatic rings. The van der Waals surface area contributed by atoms with Crippen LogP contribution in [0.5, 0.6) is 0 Å². The molecule has 0 heterocycles. The molecule has 0 atom stereocenters. The minimum atomic E-state index is 0.698. The maximum Gasteiger partial charge on any atom is 0.0353 e. The summed E-state index contributed by atoms with van der Waals surface area (Å²) in [5.74, 6) is 0.